The molecule has 0 atom stereocenters. The zero-order valence-corrected chi connectivity index (χ0v) is 12.8. The SMILES string of the molecule is c1ccc2cc(-n3cc(-c4nc5ccccc5o4)cn3)ccc2c1. The van der Waals surface area contributed by atoms with Gasteiger partial charge < -0.3 is 4.42 Å². The highest BCUT2D eigenvalue weighted by Crippen LogP contribution is 2.25. The summed E-state index contributed by atoms with van der Waals surface area (Å²) in [6.07, 6.45) is 3.72. The average Bonchev–Trinajstić information content (AvgIpc) is 3.28. The van der Waals surface area contributed by atoms with Crippen LogP contribution >= 0.6 is 0 Å². The summed E-state index contributed by atoms with van der Waals surface area (Å²) in [5, 5.41) is 6.86. The highest BCUT2D eigenvalue weighted by atomic mass is 16.3. The molecule has 24 heavy (non-hydrogen) atoms. The summed E-state index contributed by atoms with van der Waals surface area (Å²) in [7, 11) is 0. The summed E-state index contributed by atoms with van der Waals surface area (Å²) in [6, 6.07) is 22.3. The molecule has 0 aliphatic carbocycles. The van der Waals surface area contributed by atoms with Crippen molar-refractivity contribution in [3.8, 4) is 17.1 Å². The van der Waals surface area contributed by atoms with E-state index in [2.05, 4.69) is 40.4 Å². The number of benzene rings is 3. The molecule has 114 valence electrons. The molecule has 0 saturated heterocycles. The van der Waals surface area contributed by atoms with E-state index in [0.29, 0.717) is 5.89 Å². The van der Waals surface area contributed by atoms with Gasteiger partial charge in [0.25, 0.3) is 0 Å². The number of oxazole rings is 1. The maximum atomic E-state index is 5.81. The number of fused-ring (bicyclic) bond motifs is 2. The van der Waals surface area contributed by atoms with Crippen LogP contribution in [0.2, 0.25) is 0 Å². The van der Waals surface area contributed by atoms with Crippen LogP contribution in [0.5, 0.6) is 0 Å². The maximum absolute atomic E-state index is 5.81. The molecule has 2 heterocycles. The molecule has 3 aromatic carbocycles. The summed E-state index contributed by atoms with van der Waals surface area (Å²) in [4.78, 5) is 4.52. The lowest BCUT2D eigenvalue weighted by molar-refractivity contribution is 0.620. The van der Waals surface area contributed by atoms with Gasteiger partial charge in [-0.3, -0.25) is 0 Å². The molecule has 0 radical (unpaired) electrons. The van der Waals surface area contributed by atoms with Crippen LogP contribution in [-0.2, 0) is 0 Å². The van der Waals surface area contributed by atoms with Crippen LogP contribution in [0.3, 0.4) is 0 Å². The molecule has 0 N–H and O–H groups in total. The normalized spacial score (nSPS) is 11.3. The first-order valence-corrected chi connectivity index (χ1v) is 7.77. The van der Waals surface area contributed by atoms with Crippen molar-refractivity contribution in [1.29, 1.82) is 0 Å². The van der Waals surface area contributed by atoms with Gasteiger partial charge in [0.1, 0.15) is 5.52 Å². The lowest BCUT2D eigenvalue weighted by Gasteiger charge is -2.03. The van der Waals surface area contributed by atoms with E-state index in [0.717, 1.165) is 22.4 Å². The summed E-state index contributed by atoms with van der Waals surface area (Å²) >= 11 is 0. The lowest BCUT2D eigenvalue weighted by Crippen LogP contribution is -1.93. The van der Waals surface area contributed by atoms with E-state index in [9.17, 15) is 0 Å². The molecule has 0 amide bonds. The fraction of sp³-hybridized carbons (Fsp3) is 0. The highest BCUT2D eigenvalue weighted by molar-refractivity contribution is 5.84. The summed E-state index contributed by atoms with van der Waals surface area (Å²) in [5.41, 5.74) is 3.51. The molecule has 4 heteroatoms. The van der Waals surface area contributed by atoms with Crippen molar-refractivity contribution in [3.63, 3.8) is 0 Å². The van der Waals surface area contributed by atoms with E-state index in [4.69, 9.17) is 4.42 Å². The first-order chi connectivity index (χ1) is 11.9. The van der Waals surface area contributed by atoms with Crippen molar-refractivity contribution >= 4 is 21.9 Å². The van der Waals surface area contributed by atoms with Gasteiger partial charge in [0, 0.05) is 6.20 Å². The molecule has 0 aliphatic heterocycles. The fourth-order valence-corrected chi connectivity index (χ4v) is 2.89. The van der Waals surface area contributed by atoms with E-state index >= 15 is 0 Å². The third-order valence-corrected chi connectivity index (χ3v) is 4.12. The molecule has 0 saturated carbocycles. The van der Waals surface area contributed by atoms with Gasteiger partial charge in [-0.2, -0.15) is 5.10 Å². The minimum Gasteiger partial charge on any atom is -0.436 e. The Morgan fingerprint density at radius 1 is 0.833 bits per heavy atom. The Hall–Kier alpha value is -3.40. The third kappa shape index (κ3) is 2.08. The number of rotatable bonds is 2. The molecule has 5 rings (SSSR count). The molecule has 0 spiro atoms. The Bertz CT molecular complexity index is 1140. The zero-order chi connectivity index (χ0) is 15.9. The molecular formula is C20H13N3O. The van der Waals surface area contributed by atoms with Crippen molar-refractivity contribution in [1.82, 2.24) is 14.8 Å². The monoisotopic (exact) mass is 311 g/mol. The Morgan fingerprint density at radius 3 is 2.58 bits per heavy atom. The van der Waals surface area contributed by atoms with Gasteiger partial charge in [0.05, 0.1) is 17.4 Å². The van der Waals surface area contributed by atoms with Gasteiger partial charge in [0.15, 0.2) is 5.58 Å². The second kappa shape index (κ2) is 5.06. The molecule has 5 aromatic rings. The van der Waals surface area contributed by atoms with E-state index in [1.54, 1.807) is 6.20 Å². The molecule has 0 fully saturated rings. The Balaban J connectivity index is 1.58. The van der Waals surface area contributed by atoms with Crippen LogP contribution < -0.4 is 0 Å². The van der Waals surface area contributed by atoms with Gasteiger partial charge in [0.2, 0.25) is 5.89 Å². The predicted octanol–water partition coefficient (Wildman–Crippen LogP) is 4.83. The molecular weight excluding hydrogens is 298 g/mol. The standard InChI is InChI=1S/C20H13N3O/c1-2-6-15-11-17(10-9-14(15)5-1)23-13-16(12-21-23)20-22-18-7-3-4-8-19(18)24-20/h1-13H. The van der Waals surface area contributed by atoms with Crippen molar-refractivity contribution < 1.29 is 4.42 Å². The van der Waals surface area contributed by atoms with Gasteiger partial charge in [-0.25, -0.2) is 9.67 Å². The number of hydrogen-bond donors (Lipinski definition) is 0. The minimum atomic E-state index is 0.586. The number of para-hydroxylation sites is 2. The zero-order valence-electron chi connectivity index (χ0n) is 12.8. The van der Waals surface area contributed by atoms with Crippen LogP contribution in [-0.4, -0.2) is 14.8 Å². The van der Waals surface area contributed by atoms with Crippen LogP contribution in [0.25, 0.3) is 39.0 Å². The number of hydrogen-bond acceptors (Lipinski definition) is 3. The smallest absolute Gasteiger partial charge is 0.230 e. The second-order valence-electron chi connectivity index (χ2n) is 5.69. The Kier molecular flexibility index (Phi) is 2.76. The third-order valence-electron chi connectivity index (χ3n) is 4.12. The quantitative estimate of drug-likeness (QED) is 0.469. The fourth-order valence-electron chi connectivity index (χ4n) is 2.89. The van der Waals surface area contributed by atoms with Crippen LogP contribution in [0.15, 0.2) is 83.5 Å². The largest absolute Gasteiger partial charge is 0.436 e. The van der Waals surface area contributed by atoms with E-state index in [1.807, 2.05) is 47.3 Å². The minimum absolute atomic E-state index is 0.586. The van der Waals surface area contributed by atoms with Crippen LogP contribution in [0, 0.1) is 0 Å². The summed E-state index contributed by atoms with van der Waals surface area (Å²) < 4.78 is 7.65. The van der Waals surface area contributed by atoms with Crippen LogP contribution in [0.4, 0.5) is 0 Å². The van der Waals surface area contributed by atoms with Gasteiger partial charge in [-0.1, -0.05) is 42.5 Å². The van der Waals surface area contributed by atoms with Gasteiger partial charge >= 0.3 is 0 Å². The van der Waals surface area contributed by atoms with E-state index in [1.165, 1.54) is 10.8 Å². The second-order valence-corrected chi connectivity index (χ2v) is 5.69. The number of nitrogens with zero attached hydrogens (tertiary/aromatic N) is 3. The van der Waals surface area contributed by atoms with Gasteiger partial charge in [-0.05, 0) is 35.0 Å². The maximum Gasteiger partial charge on any atom is 0.230 e. The van der Waals surface area contributed by atoms with E-state index in [-0.39, 0.29) is 0 Å². The number of aromatic nitrogens is 3. The van der Waals surface area contributed by atoms with Crippen LogP contribution in [0.1, 0.15) is 0 Å². The molecule has 2 aromatic heterocycles. The first-order valence-electron chi connectivity index (χ1n) is 7.77. The van der Waals surface area contributed by atoms with E-state index < -0.39 is 0 Å². The Labute approximate surface area is 138 Å². The van der Waals surface area contributed by atoms with Crippen molar-refractivity contribution in [3.05, 3.63) is 79.1 Å². The molecule has 0 bridgehead atoms. The topological polar surface area (TPSA) is 43.9 Å². The predicted molar refractivity (Wildman–Crippen MR) is 94.1 cm³/mol. The summed E-state index contributed by atoms with van der Waals surface area (Å²) in [5.74, 6) is 0.586. The highest BCUT2D eigenvalue weighted by Gasteiger charge is 2.10. The van der Waals surface area contributed by atoms with Crippen molar-refractivity contribution in [2.75, 3.05) is 0 Å². The molecule has 0 unspecified atom stereocenters. The molecule has 0 aliphatic rings. The average molecular weight is 311 g/mol. The van der Waals surface area contributed by atoms with Crippen molar-refractivity contribution in [2.45, 2.75) is 0 Å². The summed E-state index contributed by atoms with van der Waals surface area (Å²) in [6.45, 7) is 0. The van der Waals surface area contributed by atoms with Crippen molar-refractivity contribution in [2.24, 2.45) is 0 Å². The molecule has 4 nitrogen and oxygen atoms in total. The Morgan fingerprint density at radius 2 is 1.67 bits per heavy atom. The first kappa shape index (κ1) is 13.1. The van der Waals surface area contributed by atoms with Gasteiger partial charge in [-0.15, -0.1) is 0 Å². The lowest BCUT2D eigenvalue weighted by atomic mass is 10.1.